The molecule has 0 spiro atoms. The summed E-state index contributed by atoms with van der Waals surface area (Å²) < 4.78 is 1.87. The Morgan fingerprint density at radius 1 is 1.32 bits per heavy atom. The summed E-state index contributed by atoms with van der Waals surface area (Å²) in [6.45, 7) is 2.05. The van der Waals surface area contributed by atoms with Crippen LogP contribution in [0.15, 0.2) is 41.8 Å². The van der Waals surface area contributed by atoms with Gasteiger partial charge in [0.05, 0.1) is 5.75 Å². The third kappa shape index (κ3) is 4.85. The first-order valence-corrected chi connectivity index (χ1v) is 9.32. The molecule has 0 radical (unpaired) electrons. The number of benzene rings is 1. The summed E-state index contributed by atoms with van der Waals surface area (Å²) in [6.07, 6.45) is 5.94. The van der Waals surface area contributed by atoms with E-state index in [1.165, 1.54) is 24.6 Å². The normalized spacial score (nSPS) is 14.8. The molecule has 6 nitrogen and oxygen atoms in total. The van der Waals surface area contributed by atoms with Gasteiger partial charge >= 0.3 is 0 Å². The molecule has 2 amide bonds. The minimum atomic E-state index is -0.104. The highest BCUT2D eigenvalue weighted by Crippen LogP contribution is 2.32. The maximum atomic E-state index is 12.2. The van der Waals surface area contributed by atoms with Crippen LogP contribution >= 0.6 is 11.8 Å². The Hall–Kier alpha value is -2.28. The molecule has 3 rings (SSSR count). The van der Waals surface area contributed by atoms with Crippen molar-refractivity contribution in [3.63, 3.8) is 0 Å². The monoisotopic (exact) mass is 358 g/mol. The van der Waals surface area contributed by atoms with Crippen molar-refractivity contribution < 1.29 is 9.59 Å². The minimum absolute atomic E-state index is 0.0670. The number of hydrogen-bond donors (Lipinski definition) is 2. The number of carbonyl (C=O) groups excluding carboxylic acids is 2. The molecule has 0 aliphatic heterocycles. The molecule has 0 bridgehead atoms. The van der Waals surface area contributed by atoms with Crippen LogP contribution in [0.25, 0.3) is 0 Å². The zero-order valence-electron chi connectivity index (χ0n) is 14.4. The highest BCUT2D eigenvalue weighted by molar-refractivity contribution is 7.99. The highest BCUT2D eigenvalue weighted by atomic mass is 32.2. The standard InChI is InChI=1S/C18H22N4O2S/c1-12(13-3-4-13)20-17(24)14-5-7-15(8-6-14)21-16(23)11-25-18-19-9-10-22(18)2/h5-10,12-13H,3-4,11H2,1-2H3,(H,20,24)(H,21,23)/t12-/m1/s1. The number of carbonyl (C=O) groups is 2. The molecule has 132 valence electrons. The third-order valence-corrected chi connectivity index (χ3v) is 5.29. The van der Waals surface area contributed by atoms with Gasteiger partial charge in [-0.3, -0.25) is 9.59 Å². The molecule has 1 aliphatic rings. The Kier molecular flexibility index (Phi) is 5.43. The number of nitrogens with zero attached hydrogens (tertiary/aromatic N) is 2. The first-order chi connectivity index (χ1) is 12.0. The number of rotatable bonds is 7. The van der Waals surface area contributed by atoms with E-state index in [9.17, 15) is 9.59 Å². The molecule has 1 fully saturated rings. The smallest absolute Gasteiger partial charge is 0.251 e. The number of nitrogens with one attached hydrogen (secondary N) is 2. The molecule has 1 heterocycles. The average molecular weight is 358 g/mol. The number of imidazole rings is 1. The molecule has 1 saturated carbocycles. The van der Waals surface area contributed by atoms with Gasteiger partial charge < -0.3 is 15.2 Å². The minimum Gasteiger partial charge on any atom is -0.349 e. The first kappa shape index (κ1) is 17.5. The largest absolute Gasteiger partial charge is 0.349 e. The Morgan fingerprint density at radius 3 is 2.64 bits per heavy atom. The average Bonchev–Trinajstić information content (AvgIpc) is 3.36. The van der Waals surface area contributed by atoms with E-state index >= 15 is 0 Å². The summed E-state index contributed by atoms with van der Waals surface area (Å²) in [5.74, 6) is 0.736. The summed E-state index contributed by atoms with van der Waals surface area (Å²) in [6, 6.07) is 7.18. The van der Waals surface area contributed by atoms with Crippen molar-refractivity contribution in [1.82, 2.24) is 14.9 Å². The van der Waals surface area contributed by atoms with E-state index in [1.54, 1.807) is 30.5 Å². The predicted octanol–water partition coefficient (Wildman–Crippen LogP) is 2.68. The molecule has 1 aromatic carbocycles. The van der Waals surface area contributed by atoms with Gasteiger partial charge in [-0.05, 0) is 49.9 Å². The number of amides is 2. The van der Waals surface area contributed by atoms with Crippen molar-refractivity contribution in [3.8, 4) is 0 Å². The van der Waals surface area contributed by atoms with Crippen LogP contribution in [0.5, 0.6) is 0 Å². The second-order valence-electron chi connectivity index (χ2n) is 6.33. The zero-order valence-corrected chi connectivity index (χ0v) is 15.2. The predicted molar refractivity (Wildman–Crippen MR) is 98.7 cm³/mol. The Balaban J connectivity index is 1.48. The lowest BCUT2D eigenvalue weighted by molar-refractivity contribution is -0.113. The number of hydrogen-bond acceptors (Lipinski definition) is 4. The molecular formula is C18H22N4O2S. The van der Waals surface area contributed by atoms with Gasteiger partial charge in [0.2, 0.25) is 5.91 Å². The van der Waals surface area contributed by atoms with Crippen LogP contribution in [0.1, 0.15) is 30.1 Å². The molecule has 1 atom stereocenters. The second-order valence-corrected chi connectivity index (χ2v) is 7.28. The quantitative estimate of drug-likeness (QED) is 0.746. The van der Waals surface area contributed by atoms with Crippen LogP contribution in [-0.2, 0) is 11.8 Å². The van der Waals surface area contributed by atoms with Crippen LogP contribution < -0.4 is 10.6 Å². The lowest BCUT2D eigenvalue weighted by atomic mass is 10.1. The second kappa shape index (κ2) is 7.74. The zero-order chi connectivity index (χ0) is 17.8. The maximum absolute atomic E-state index is 12.2. The fourth-order valence-corrected chi connectivity index (χ4v) is 3.26. The number of thioether (sulfide) groups is 1. The Labute approximate surface area is 151 Å². The van der Waals surface area contributed by atoms with E-state index < -0.39 is 0 Å². The van der Waals surface area contributed by atoms with E-state index in [1.807, 2.05) is 24.7 Å². The molecule has 7 heteroatoms. The van der Waals surface area contributed by atoms with E-state index in [0.717, 1.165) is 5.16 Å². The fraction of sp³-hybridized carbons (Fsp3) is 0.389. The van der Waals surface area contributed by atoms with Crippen molar-refractivity contribution in [2.24, 2.45) is 13.0 Å². The van der Waals surface area contributed by atoms with Crippen LogP contribution in [0, 0.1) is 5.92 Å². The highest BCUT2D eigenvalue weighted by Gasteiger charge is 2.29. The lowest BCUT2D eigenvalue weighted by Gasteiger charge is -2.13. The van der Waals surface area contributed by atoms with E-state index in [-0.39, 0.29) is 23.6 Å². The van der Waals surface area contributed by atoms with Gasteiger partial charge in [0.15, 0.2) is 5.16 Å². The van der Waals surface area contributed by atoms with Gasteiger partial charge in [0.25, 0.3) is 5.91 Å². The number of aryl methyl sites for hydroxylation is 1. The van der Waals surface area contributed by atoms with E-state index in [0.29, 0.717) is 17.2 Å². The maximum Gasteiger partial charge on any atom is 0.251 e. The molecule has 0 saturated heterocycles. The summed E-state index contributed by atoms with van der Waals surface area (Å²) in [5, 5.41) is 6.65. The molecular weight excluding hydrogens is 336 g/mol. The van der Waals surface area contributed by atoms with Crippen molar-refractivity contribution in [2.45, 2.75) is 31.0 Å². The van der Waals surface area contributed by atoms with E-state index in [2.05, 4.69) is 15.6 Å². The lowest BCUT2D eigenvalue weighted by Crippen LogP contribution is -2.33. The molecule has 25 heavy (non-hydrogen) atoms. The Morgan fingerprint density at radius 2 is 2.04 bits per heavy atom. The van der Waals surface area contributed by atoms with Crippen molar-refractivity contribution in [3.05, 3.63) is 42.2 Å². The van der Waals surface area contributed by atoms with Gasteiger partial charge in [0, 0.05) is 36.7 Å². The van der Waals surface area contributed by atoms with Crippen LogP contribution in [0.2, 0.25) is 0 Å². The summed E-state index contributed by atoms with van der Waals surface area (Å²) in [5.41, 5.74) is 1.28. The van der Waals surface area contributed by atoms with Gasteiger partial charge in [-0.15, -0.1) is 0 Å². The fourth-order valence-electron chi connectivity index (χ4n) is 2.53. The molecule has 0 unspecified atom stereocenters. The topological polar surface area (TPSA) is 76.0 Å². The first-order valence-electron chi connectivity index (χ1n) is 8.34. The molecule has 2 N–H and O–H groups in total. The van der Waals surface area contributed by atoms with Gasteiger partial charge in [0.1, 0.15) is 0 Å². The van der Waals surface area contributed by atoms with E-state index in [4.69, 9.17) is 0 Å². The summed E-state index contributed by atoms with van der Waals surface area (Å²) in [7, 11) is 1.89. The third-order valence-electron chi connectivity index (χ3n) is 4.23. The Bertz CT molecular complexity index is 753. The van der Waals surface area contributed by atoms with Crippen molar-refractivity contribution in [1.29, 1.82) is 0 Å². The van der Waals surface area contributed by atoms with Crippen molar-refractivity contribution >= 4 is 29.3 Å². The SMILES string of the molecule is C[C@@H](NC(=O)c1ccc(NC(=O)CSc2nccn2C)cc1)C1CC1. The summed E-state index contributed by atoms with van der Waals surface area (Å²) >= 11 is 1.38. The van der Waals surface area contributed by atoms with Crippen molar-refractivity contribution in [2.75, 3.05) is 11.1 Å². The summed E-state index contributed by atoms with van der Waals surface area (Å²) in [4.78, 5) is 28.4. The molecule has 2 aromatic rings. The van der Waals surface area contributed by atoms with Crippen LogP contribution in [0.3, 0.4) is 0 Å². The molecule has 1 aromatic heterocycles. The molecule has 1 aliphatic carbocycles. The van der Waals surface area contributed by atoms with Crippen LogP contribution in [0.4, 0.5) is 5.69 Å². The van der Waals surface area contributed by atoms with Gasteiger partial charge in [-0.2, -0.15) is 0 Å². The van der Waals surface area contributed by atoms with Gasteiger partial charge in [-0.25, -0.2) is 4.98 Å². The number of anilines is 1. The van der Waals surface area contributed by atoms with Crippen LogP contribution in [-0.4, -0.2) is 33.2 Å². The number of aromatic nitrogens is 2. The van der Waals surface area contributed by atoms with Gasteiger partial charge in [-0.1, -0.05) is 11.8 Å².